The van der Waals surface area contributed by atoms with Crippen molar-refractivity contribution in [3.05, 3.63) is 83.5 Å². The van der Waals surface area contributed by atoms with Gasteiger partial charge < -0.3 is 5.32 Å². The highest BCUT2D eigenvalue weighted by molar-refractivity contribution is 7.13. The number of anilines is 1. The lowest BCUT2D eigenvalue weighted by atomic mass is 9.72. The Kier molecular flexibility index (Phi) is 6.00. The lowest BCUT2D eigenvalue weighted by Gasteiger charge is -2.35. The van der Waals surface area contributed by atoms with E-state index in [0.717, 1.165) is 16.1 Å². The minimum atomic E-state index is -0.748. The van der Waals surface area contributed by atoms with Crippen LogP contribution < -0.4 is 10.6 Å². The van der Waals surface area contributed by atoms with E-state index in [0.29, 0.717) is 30.8 Å². The maximum absolute atomic E-state index is 13.0. The summed E-state index contributed by atoms with van der Waals surface area (Å²) in [4.78, 5) is 42.7. The van der Waals surface area contributed by atoms with Crippen molar-refractivity contribution in [1.29, 1.82) is 0 Å². The van der Waals surface area contributed by atoms with Gasteiger partial charge >= 0.3 is 0 Å². The monoisotopic (exact) mass is 485 g/mol. The number of imide groups is 1. The Morgan fingerprint density at radius 1 is 1.09 bits per heavy atom. The molecule has 1 atom stereocenters. The van der Waals surface area contributed by atoms with Crippen LogP contribution in [-0.2, 0) is 15.0 Å². The predicted molar refractivity (Wildman–Crippen MR) is 133 cm³/mol. The first-order valence-corrected chi connectivity index (χ1v) is 12.2. The Labute approximate surface area is 206 Å². The number of nitrogens with zero attached hydrogens (tertiary/aromatic N) is 3. The molecule has 2 aromatic carbocycles. The fourth-order valence-corrected chi connectivity index (χ4v) is 5.05. The molecule has 1 saturated heterocycles. The molecule has 1 aliphatic rings. The van der Waals surface area contributed by atoms with E-state index in [2.05, 4.69) is 20.7 Å². The molecule has 35 heavy (non-hydrogen) atoms. The second-order valence-electron chi connectivity index (χ2n) is 8.33. The van der Waals surface area contributed by atoms with Crippen LogP contribution in [0.5, 0.6) is 0 Å². The van der Waals surface area contributed by atoms with Crippen molar-refractivity contribution in [3.63, 3.8) is 0 Å². The molecule has 1 fully saturated rings. The summed E-state index contributed by atoms with van der Waals surface area (Å²) >= 11 is 1.52. The molecule has 1 aliphatic heterocycles. The standard InChI is InChI=1S/C26H23N5O3S/c1-2-26(15-14-21(32)28-25(26)34)17-10-12-18(13-11-17)27-24(33)22-29-23(20-9-6-16-35-20)31(30-22)19-7-4-3-5-8-19/h3-13,16H,2,14-15H2,1H3,(H,27,33)(H,28,32,34). The number of aromatic nitrogens is 3. The van der Waals surface area contributed by atoms with Gasteiger partial charge in [-0.3, -0.25) is 19.7 Å². The number of para-hydroxylation sites is 1. The number of rotatable bonds is 6. The molecule has 2 aromatic heterocycles. The zero-order chi connectivity index (χ0) is 24.4. The molecule has 4 aromatic rings. The zero-order valence-electron chi connectivity index (χ0n) is 19.0. The first-order chi connectivity index (χ1) is 17.0. The number of amides is 3. The number of carbonyl (C=O) groups is 3. The number of nitrogens with one attached hydrogen (secondary N) is 2. The summed E-state index contributed by atoms with van der Waals surface area (Å²) in [5.74, 6) is -0.306. The van der Waals surface area contributed by atoms with Gasteiger partial charge in [-0.1, -0.05) is 43.3 Å². The Morgan fingerprint density at radius 3 is 2.51 bits per heavy atom. The SMILES string of the molecule is CCC1(c2ccc(NC(=O)c3nc(-c4cccs4)n(-c4ccccc4)n3)cc2)CCC(=O)NC1=O. The number of carbonyl (C=O) groups excluding carboxylic acids is 3. The maximum atomic E-state index is 13.0. The van der Waals surface area contributed by atoms with Crippen LogP contribution in [0.25, 0.3) is 16.4 Å². The third-order valence-electron chi connectivity index (χ3n) is 6.32. The van der Waals surface area contributed by atoms with Crippen LogP contribution >= 0.6 is 11.3 Å². The van der Waals surface area contributed by atoms with Crippen LogP contribution in [0.15, 0.2) is 72.1 Å². The zero-order valence-corrected chi connectivity index (χ0v) is 19.8. The van der Waals surface area contributed by atoms with Crippen molar-refractivity contribution in [3.8, 4) is 16.4 Å². The molecule has 3 amide bonds. The van der Waals surface area contributed by atoms with E-state index in [-0.39, 0.29) is 17.6 Å². The molecule has 8 nitrogen and oxygen atoms in total. The largest absolute Gasteiger partial charge is 0.319 e. The molecule has 5 rings (SSSR count). The third-order valence-corrected chi connectivity index (χ3v) is 7.18. The van der Waals surface area contributed by atoms with E-state index < -0.39 is 11.3 Å². The summed E-state index contributed by atoms with van der Waals surface area (Å²) in [6, 6.07) is 20.6. The van der Waals surface area contributed by atoms with Crippen LogP contribution in [0.2, 0.25) is 0 Å². The van der Waals surface area contributed by atoms with E-state index in [1.165, 1.54) is 11.3 Å². The predicted octanol–water partition coefficient (Wildman–Crippen LogP) is 4.33. The van der Waals surface area contributed by atoms with Gasteiger partial charge in [0.1, 0.15) is 0 Å². The van der Waals surface area contributed by atoms with Gasteiger partial charge in [0.2, 0.25) is 17.6 Å². The van der Waals surface area contributed by atoms with E-state index in [4.69, 9.17) is 0 Å². The Hall–Kier alpha value is -4.11. The molecule has 0 radical (unpaired) electrons. The van der Waals surface area contributed by atoms with Gasteiger partial charge in [0.05, 0.1) is 16.0 Å². The second kappa shape index (κ2) is 9.27. The first-order valence-electron chi connectivity index (χ1n) is 11.3. The summed E-state index contributed by atoms with van der Waals surface area (Å²) in [5.41, 5.74) is 1.43. The molecule has 176 valence electrons. The van der Waals surface area contributed by atoms with Gasteiger partial charge in [-0.25, -0.2) is 9.67 Å². The average Bonchev–Trinajstić information content (AvgIpc) is 3.56. The van der Waals surface area contributed by atoms with Crippen LogP contribution in [0.3, 0.4) is 0 Å². The third kappa shape index (κ3) is 4.26. The molecule has 3 heterocycles. The van der Waals surface area contributed by atoms with Crippen LogP contribution in [0.1, 0.15) is 42.4 Å². The second-order valence-corrected chi connectivity index (χ2v) is 9.28. The lowest BCUT2D eigenvalue weighted by Crippen LogP contribution is -2.51. The summed E-state index contributed by atoms with van der Waals surface area (Å²) < 4.78 is 1.66. The molecule has 9 heteroatoms. The summed E-state index contributed by atoms with van der Waals surface area (Å²) in [7, 11) is 0. The van der Waals surface area contributed by atoms with Crippen molar-refractivity contribution in [2.24, 2.45) is 0 Å². The van der Waals surface area contributed by atoms with Crippen molar-refractivity contribution in [1.82, 2.24) is 20.1 Å². The van der Waals surface area contributed by atoms with Gasteiger partial charge in [0.15, 0.2) is 5.82 Å². The Balaban J connectivity index is 1.40. The molecule has 0 aliphatic carbocycles. The quantitative estimate of drug-likeness (QED) is 0.396. The average molecular weight is 486 g/mol. The van der Waals surface area contributed by atoms with Gasteiger partial charge in [0.25, 0.3) is 5.91 Å². The fraction of sp³-hybridized carbons (Fsp3) is 0.192. The minimum absolute atomic E-state index is 0.0523. The van der Waals surface area contributed by atoms with Crippen molar-refractivity contribution < 1.29 is 14.4 Å². The number of hydrogen-bond donors (Lipinski definition) is 2. The van der Waals surface area contributed by atoms with E-state index in [1.807, 2.05) is 66.9 Å². The first kappa shape index (κ1) is 22.7. The summed E-state index contributed by atoms with van der Waals surface area (Å²) in [5, 5.41) is 11.7. The Morgan fingerprint density at radius 2 is 1.86 bits per heavy atom. The van der Waals surface area contributed by atoms with Crippen LogP contribution in [0, 0.1) is 0 Å². The molecule has 0 saturated carbocycles. The van der Waals surface area contributed by atoms with Gasteiger partial charge in [0, 0.05) is 12.1 Å². The topological polar surface area (TPSA) is 106 Å². The molecular weight excluding hydrogens is 462 g/mol. The number of hydrogen-bond acceptors (Lipinski definition) is 6. The Bertz CT molecular complexity index is 1380. The normalized spacial score (nSPS) is 17.7. The lowest BCUT2D eigenvalue weighted by molar-refractivity contribution is -0.138. The molecule has 2 N–H and O–H groups in total. The molecular formula is C26H23N5O3S. The molecule has 0 bridgehead atoms. The van der Waals surface area contributed by atoms with E-state index in [9.17, 15) is 14.4 Å². The summed E-state index contributed by atoms with van der Waals surface area (Å²) in [6.45, 7) is 1.94. The van der Waals surface area contributed by atoms with Gasteiger partial charge in [-0.05, 0) is 54.1 Å². The summed E-state index contributed by atoms with van der Waals surface area (Å²) in [6.07, 6.45) is 1.34. The maximum Gasteiger partial charge on any atom is 0.295 e. The minimum Gasteiger partial charge on any atom is -0.319 e. The van der Waals surface area contributed by atoms with E-state index >= 15 is 0 Å². The van der Waals surface area contributed by atoms with Crippen LogP contribution in [0.4, 0.5) is 5.69 Å². The number of piperidine rings is 1. The van der Waals surface area contributed by atoms with Gasteiger partial charge in [-0.2, -0.15) is 0 Å². The molecule has 0 spiro atoms. The highest BCUT2D eigenvalue weighted by Crippen LogP contribution is 2.36. The number of thiophene rings is 1. The van der Waals surface area contributed by atoms with Crippen molar-refractivity contribution in [2.45, 2.75) is 31.6 Å². The number of benzene rings is 2. The van der Waals surface area contributed by atoms with Crippen molar-refractivity contribution in [2.75, 3.05) is 5.32 Å². The highest BCUT2D eigenvalue weighted by atomic mass is 32.1. The van der Waals surface area contributed by atoms with Gasteiger partial charge in [-0.15, -0.1) is 16.4 Å². The van der Waals surface area contributed by atoms with E-state index in [1.54, 1.807) is 16.8 Å². The van der Waals surface area contributed by atoms with Crippen molar-refractivity contribution >= 4 is 34.7 Å². The smallest absolute Gasteiger partial charge is 0.295 e. The fourth-order valence-electron chi connectivity index (χ4n) is 4.35. The van der Waals surface area contributed by atoms with Crippen LogP contribution in [-0.4, -0.2) is 32.5 Å². The molecule has 1 unspecified atom stereocenters. The highest BCUT2D eigenvalue weighted by Gasteiger charge is 2.42.